The van der Waals surface area contributed by atoms with E-state index in [0.717, 1.165) is 16.9 Å². The van der Waals surface area contributed by atoms with Crippen molar-refractivity contribution in [3.63, 3.8) is 0 Å². The van der Waals surface area contributed by atoms with E-state index >= 15 is 0 Å². The average molecular weight is 336 g/mol. The van der Waals surface area contributed by atoms with Crippen LogP contribution in [0.5, 0.6) is 5.75 Å². The molecule has 1 aromatic carbocycles. The third-order valence-electron chi connectivity index (χ3n) is 3.50. The molecule has 0 fully saturated rings. The fourth-order valence-corrected chi connectivity index (χ4v) is 2.06. The molecular formula is C19H20N4O2. The highest BCUT2D eigenvalue weighted by Gasteiger charge is 2.08. The Kier molecular flexibility index (Phi) is 6.55. The lowest BCUT2D eigenvalue weighted by Gasteiger charge is -2.06. The third kappa shape index (κ3) is 5.66. The normalized spacial score (nSPS) is 10.7. The van der Waals surface area contributed by atoms with Crippen molar-refractivity contribution in [1.82, 2.24) is 10.3 Å². The first-order chi connectivity index (χ1) is 12.1. The predicted molar refractivity (Wildman–Crippen MR) is 96.0 cm³/mol. The third-order valence-corrected chi connectivity index (χ3v) is 3.50. The van der Waals surface area contributed by atoms with Crippen molar-refractivity contribution in [2.45, 2.75) is 13.3 Å². The summed E-state index contributed by atoms with van der Waals surface area (Å²) in [6, 6.07) is 13.2. The molecule has 1 aromatic heterocycles. The van der Waals surface area contributed by atoms with Gasteiger partial charge >= 0.3 is 0 Å². The minimum Gasteiger partial charge on any atom is -0.497 e. The van der Waals surface area contributed by atoms with Gasteiger partial charge in [0.1, 0.15) is 23.2 Å². The molecule has 2 rings (SSSR count). The molecular weight excluding hydrogens is 316 g/mol. The van der Waals surface area contributed by atoms with Gasteiger partial charge in [-0.3, -0.25) is 4.79 Å². The van der Waals surface area contributed by atoms with E-state index in [4.69, 9.17) is 10.00 Å². The zero-order valence-corrected chi connectivity index (χ0v) is 14.2. The van der Waals surface area contributed by atoms with Crippen LogP contribution in [0.3, 0.4) is 0 Å². The van der Waals surface area contributed by atoms with Crippen LogP contribution in [0, 0.1) is 18.3 Å². The zero-order valence-electron chi connectivity index (χ0n) is 14.2. The van der Waals surface area contributed by atoms with Crippen molar-refractivity contribution >= 4 is 11.7 Å². The summed E-state index contributed by atoms with van der Waals surface area (Å²) in [5, 5.41) is 14.7. The number of carbonyl (C=O) groups is 1. The Morgan fingerprint density at radius 1 is 1.28 bits per heavy atom. The van der Waals surface area contributed by atoms with Crippen molar-refractivity contribution in [2.75, 3.05) is 19.0 Å². The molecule has 6 nitrogen and oxygen atoms in total. The van der Waals surface area contributed by atoms with Gasteiger partial charge in [-0.1, -0.05) is 18.2 Å². The molecule has 0 bridgehead atoms. The van der Waals surface area contributed by atoms with E-state index in [9.17, 15) is 4.79 Å². The second-order valence-corrected chi connectivity index (χ2v) is 5.39. The zero-order chi connectivity index (χ0) is 18.1. The van der Waals surface area contributed by atoms with Crippen LogP contribution in [-0.2, 0) is 11.2 Å². The van der Waals surface area contributed by atoms with Gasteiger partial charge in [-0.25, -0.2) is 4.98 Å². The number of anilines is 1. The van der Waals surface area contributed by atoms with Gasteiger partial charge in [-0.15, -0.1) is 0 Å². The molecule has 6 heteroatoms. The second kappa shape index (κ2) is 9.08. The van der Waals surface area contributed by atoms with E-state index in [1.54, 1.807) is 19.4 Å². The summed E-state index contributed by atoms with van der Waals surface area (Å²) in [5.74, 6) is 0.943. The predicted octanol–water partition coefficient (Wildman–Crippen LogP) is 2.58. The maximum atomic E-state index is 12.1. The molecule has 0 unspecified atom stereocenters. The first kappa shape index (κ1) is 18.0. The fraction of sp³-hybridized carbons (Fsp3) is 0.211. The number of amides is 1. The Bertz CT molecular complexity index is 775. The number of hydrogen-bond donors (Lipinski definition) is 2. The number of aryl methyl sites for hydroxylation is 1. The largest absolute Gasteiger partial charge is 0.497 e. The SMILES string of the molecule is COc1ccc(CCNC(=O)/C(C#N)=C\Nc2ccc(C)cn2)cc1. The first-order valence-corrected chi connectivity index (χ1v) is 7.83. The Balaban J connectivity index is 1.85. The van der Waals surface area contributed by atoms with Crippen LogP contribution in [0.2, 0.25) is 0 Å². The molecule has 0 aliphatic rings. The molecule has 1 heterocycles. The van der Waals surface area contributed by atoms with Gasteiger partial charge in [0.05, 0.1) is 7.11 Å². The van der Waals surface area contributed by atoms with Crippen LogP contribution < -0.4 is 15.4 Å². The summed E-state index contributed by atoms with van der Waals surface area (Å²) in [5.41, 5.74) is 2.11. The van der Waals surface area contributed by atoms with Crippen LogP contribution >= 0.6 is 0 Å². The average Bonchev–Trinajstić information content (AvgIpc) is 2.64. The lowest BCUT2D eigenvalue weighted by molar-refractivity contribution is -0.117. The van der Waals surface area contributed by atoms with Gasteiger partial charge in [0.15, 0.2) is 0 Å². The lowest BCUT2D eigenvalue weighted by atomic mass is 10.1. The van der Waals surface area contributed by atoms with Gasteiger partial charge in [-0.05, 0) is 42.7 Å². The van der Waals surface area contributed by atoms with E-state index < -0.39 is 5.91 Å². The number of nitrogens with one attached hydrogen (secondary N) is 2. The molecule has 2 aromatic rings. The second-order valence-electron chi connectivity index (χ2n) is 5.39. The Hall–Kier alpha value is -3.33. The van der Waals surface area contributed by atoms with Gasteiger partial charge in [0.2, 0.25) is 0 Å². The van der Waals surface area contributed by atoms with Crippen LogP contribution in [0.15, 0.2) is 54.4 Å². The lowest BCUT2D eigenvalue weighted by Crippen LogP contribution is -2.27. The highest BCUT2D eigenvalue weighted by Crippen LogP contribution is 2.11. The first-order valence-electron chi connectivity index (χ1n) is 7.83. The van der Waals surface area contributed by atoms with Crippen LogP contribution in [-0.4, -0.2) is 24.5 Å². The highest BCUT2D eigenvalue weighted by molar-refractivity contribution is 5.97. The summed E-state index contributed by atoms with van der Waals surface area (Å²) >= 11 is 0. The van der Waals surface area contributed by atoms with Crippen LogP contribution in [0.4, 0.5) is 5.82 Å². The maximum Gasteiger partial charge on any atom is 0.263 e. The Morgan fingerprint density at radius 2 is 2.04 bits per heavy atom. The van der Waals surface area contributed by atoms with E-state index in [1.807, 2.05) is 43.3 Å². The van der Waals surface area contributed by atoms with Gasteiger partial charge < -0.3 is 15.4 Å². The molecule has 0 aliphatic carbocycles. The molecule has 2 N–H and O–H groups in total. The molecule has 0 spiro atoms. The quantitative estimate of drug-likeness (QED) is 0.599. The van der Waals surface area contributed by atoms with Crippen molar-refractivity contribution in [1.29, 1.82) is 5.26 Å². The number of pyridine rings is 1. The molecule has 0 radical (unpaired) electrons. The molecule has 0 saturated heterocycles. The number of carbonyl (C=O) groups excluding carboxylic acids is 1. The fourth-order valence-electron chi connectivity index (χ4n) is 2.06. The summed E-state index contributed by atoms with van der Waals surface area (Å²) in [6.45, 7) is 2.37. The summed E-state index contributed by atoms with van der Waals surface area (Å²) in [7, 11) is 1.62. The molecule has 25 heavy (non-hydrogen) atoms. The summed E-state index contributed by atoms with van der Waals surface area (Å²) in [6.07, 6.45) is 3.74. The highest BCUT2D eigenvalue weighted by atomic mass is 16.5. The maximum absolute atomic E-state index is 12.1. The number of ether oxygens (including phenoxy) is 1. The summed E-state index contributed by atoms with van der Waals surface area (Å²) < 4.78 is 5.10. The van der Waals surface area contributed by atoms with E-state index in [1.165, 1.54) is 6.20 Å². The minimum atomic E-state index is -0.421. The van der Waals surface area contributed by atoms with Gasteiger partial charge in [0, 0.05) is 18.9 Å². The Labute approximate surface area is 147 Å². The molecule has 0 atom stereocenters. The van der Waals surface area contributed by atoms with Crippen LogP contribution in [0.25, 0.3) is 0 Å². The number of benzene rings is 1. The Morgan fingerprint density at radius 3 is 2.64 bits per heavy atom. The molecule has 0 aliphatic heterocycles. The molecule has 128 valence electrons. The van der Waals surface area contributed by atoms with Gasteiger partial charge in [-0.2, -0.15) is 5.26 Å². The topological polar surface area (TPSA) is 87.0 Å². The van der Waals surface area contributed by atoms with Crippen molar-refractivity contribution in [3.8, 4) is 11.8 Å². The van der Waals surface area contributed by atoms with Crippen molar-refractivity contribution < 1.29 is 9.53 Å². The van der Waals surface area contributed by atoms with E-state index in [2.05, 4.69) is 15.6 Å². The number of rotatable bonds is 7. The van der Waals surface area contributed by atoms with Crippen molar-refractivity contribution in [3.05, 3.63) is 65.5 Å². The number of aromatic nitrogens is 1. The van der Waals surface area contributed by atoms with E-state index in [-0.39, 0.29) is 5.57 Å². The minimum absolute atomic E-state index is 0.00268. The molecule has 1 amide bonds. The number of nitriles is 1. The van der Waals surface area contributed by atoms with E-state index in [0.29, 0.717) is 18.8 Å². The standard InChI is InChI=1S/C19H20N4O2/c1-14-3-8-18(22-12-14)23-13-16(11-20)19(24)21-10-9-15-4-6-17(25-2)7-5-15/h3-8,12-13H,9-10H2,1-2H3,(H,21,24)(H,22,23)/b16-13-. The number of methoxy groups -OCH3 is 1. The molecule has 0 saturated carbocycles. The van der Waals surface area contributed by atoms with Crippen LogP contribution in [0.1, 0.15) is 11.1 Å². The monoisotopic (exact) mass is 336 g/mol. The van der Waals surface area contributed by atoms with Crippen molar-refractivity contribution in [2.24, 2.45) is 0 Å². The number of nitrogens with zero attached hydrogens (tertiary/aromatic N) is 2. The number of hydrogen-bond acceptors (Lipinski definition) is 5. The summed E-state index contributed by atoms with van der Waals surface area (Å²) in [4.78, 5) is 16.2. The smallest absolute Gasteiger partial charge is 0.263 e. The van der Waals surface area contributed by atoms with Gasteiger partial charge in [0.25, 0.3) is 5.91 Å².